The van der Waals surface area contributed by atoms with Crippen molar-refractivity contribution in [2.45, 2.75) is 26.9 Å². The van der Waals surface area contributed by atoms with Crippen molar-refractivity contribution in [2.75, 3.05) is 19.7 Å². The van der Waals surface area contributed by atoms with Gasteiger partial charge in [0.2, 0.25) is 0 Å². The van der Waals surface area contributed by atoms with Crippen LogP contribution >= 0.6 is 0 Å². The summed E-state index contributed by atoms with van der Waals surface area (Å²) in [7, 11) is 0. The van der Waals surface area contributed by atoms with Crippen molar-refractivity contribution in [2.24, 2.45) is 0 Å². The highest BCUT2D eigenvalue weighted by molar-refractivity contribution is 4.34. The third-order valence-electron chi connectivity index (χ3n) is 0.764. The molecule has 0 amide bonds. The van der Waals surface area contributed by atoms with Gasteiger partial charge in [0, 0.05) is 0 Å². The zero-order chi connectivity index (χ0) is 8.41. The summed E-state index contributed by atoms with van der Waals surface area (Å²) in [6.45, 7) is 7.78. The maximum Gasteiger partial charge on any atom is 0.0742 e. The highest BCUT2D eigenvalue weighted by Gasteiger charge is 1.83. The SMILES string of the molecule is CC(O)CO.CCNCC. The van der Waals surface area contributed by atoms with Crippen LogP contribution in [0.3, 0.4) is 0 Å². The van der Waals surface area contributed by atoms with E-state index in [4.69, 9.17) is 10.2 Å². The molecule has 1 atom stereocenters. The molecular weight excluding hydrogens is 130 g/mol. The molecule has 0 aliphatic rings. The van der Waals surface area contributed by atoms with Gasteiger partial charge in [-0.15, -0.1) is 0 Å². The molecule has 0 aromatic carbocycles. The lowest BCUT2D eigenvalue weighted by molar-refractivity contribution is 0.110. The normalized spacial score (nSPS) is 11.7. The number of aliphatic hydroxyl groups excluding tert-OH is 2. The molecular formula is C7H19NO2. The molecule has 0 fully saturated rings. The maximum absolute atomic E-state index is 8.11. The molecule has 3 nitrogen and oxygen atoms in total. The van der Waals surface area contributed by atoms with Crippen LogP contribution < -0.4 is 5.32 Å². The van der Waals surface area contributed by atoms with Crippen LogP contribution in [-0.4, -0.2) is 36.0 Å². The Bertz CT molecular complexity index is 46.9. The Morgan fingerprint density at radius 2 is 1.60 bits per heavy atom. The molecule has 0 heterocycles. The quantitative estimate of drug-likeness (QED) is 0.528. The minimum atomic E-state index is -0.560. The fraction of sp³-hybridized carbons (Fsp3) is 1.00. The summed E-state index contributed by atoms with van der Waals surface area (Å²) in [4.78, 5) is 0. The average Bonchev–Trinajstić information content (AvgIpc) is 1.91. The van der Waals surface area contributed by atoms with E-state index in [0.717, 1.165) is 13.1 Å². The molecule has 0 bridgehead atoms. The fourth-order valence-corrected chi connectivity index (χ4v) is 0.250. The first kappa shape index (κ1) is 12.5. The smallest absolute Gasteiger partial charge is 0.0742 e. The van der Waals surface area contributed by atoms with Crippen LogP contribution in [0.15, 0.2) is 0 Å². The average molecular weight is 149 g/mol. The minimum Gasteiger partial charge on any atom is -0.394 e. The molecule has 10 heavy (non-hydrogen) atoms. The molecule has 0 saturated heterocycles. The van der Waals surface area contributed by atoms with Gasteiger partial charge in [0.1, 0.15) is 0 Å². The predicted octanol–water partition coefficient (Wildman–Crippen LogP) is -0.0247. The van der Waals surface area contributed by atoms with Crippen LogP contribution in [-0.2, 0) is 0 Å². The van der Waals surface area contributed by atoms with Crippen molar-refractivity contribution in [1.29, 1.82) is 0 Å². The van der Waals surface area contributed by atoms with E-state index >= 15 is 0 Å². The second-order valence-corrected chi connectivity index (χ2v) is 1.99. The first-order chi connectivity index (χ1) is 4.68. The van der Waals surface area contributed by atoms with Crippen molar-refractivity contribution in [3.05, 3.63) is 0 Å². The predicted molar refractivity (Wildman–Crippen MR) is 43.0 cm³/mol. The van der Waals surface area contributed by atoms with Gasteiger partial charge in [-0.2, -0.15) is 0 Å². The minimum absolute atomic E-state index is 0.139. The monoisotopic (exact) mass is 149 g/mol. The molecule has 3 N–H and O–H groups in total. The highest BCUT2D eigenvalue weighted by Crippen LogP contribution is 1.68. The Hall–Kier alpha value is -0.120. The van der Waals surface area contributed by atoms with Gasteiger partial charge in [0.05, 0.1) is 12.7 Å². The van der Waals surface area contributed by atoms with Gasteiger partial charge in [0.15, 0.2) is 0 Å². The van der Waals surface area contributed by atoms with Crippen LogP contribution in [0.1, 0.15) is 20.8 Å². The second kappa shape index (κ2) is 11.6. The third-order valence-corrected chi connectivity index (χ3v) is 0.764. The van der Waals surface area contributed by atoms with Gasteiger partial charge in [-0.05, 0) is 20.0 Å². The van der Waals surface area contributed by atoms with Crippen molar-refractivity contribution in [1.82, 2.24) is 5.32 Å². The highest BCUT2D eigenvalue weighted by atomic mass is 16.3. The lowest BCUT2D eigenvalue weighted by atomic mass is 10.5. The lowest BCUT2D eigenvalue weighted by Crippen LogP contribution is -2.09. The summed E-state index contributed by atoms with van der Waals surface area (Å²) < 4.78 is 0. The Morgan fingerprint density at radius 3 is 1.60 bits per heavy atom. The second-order valence-electron chi connectivity index (χ2n) is 1.99. The van der Waals surface area contributed by atoms with Gasteiger partial charge in [-0.25, -0.2) is 0 Å². The molecule has 0 saturated carbocycles. The fourth-order valence-electron chi connectivity index (χ4n) is 0.250. The zero-order valence-electron chi connectivity index (χ0n) is 7.09. The summed E-state index contributed by atoms with van der Waals surface area (Å²) in [5.41, 5.74) is 0. The van der Waals surface area contributed by atoms with Crippen molar-refractivity contribution >= 4 is 0 Å². The van der Waals surface area contributed by atoms with E-state index in [9.17, 15) is 0 Å². The van der Waals surface area contributed by atoms with Crippen molar-refractivity contribution < 1.29 is 10.2 Å². The number of rotatable bonds is 3. The molecule has 0 spiro atoms. The van der Waals surface area contributed by atoms with E-state index in [1.165, 1.54) is 6.92 Å². The molecule has 1 unspecified atom stereocenters. The van der Waals surface area contributed by atoms with Gasteiger partial charge in [0.25, 0.3) is 0 Å². The largest absolute Gasteiger partial charge is 0.394 e. The van der Waals surface area contributed by atoms with Crippen LogP contribution in [0.4, 0.5) is 0 Å². The maximum atomic E-state index is 8.11. The van der Waals surface area contributed by atoms with Crippen LogP contribution in [0.25, 0.3) is 0 Å². The molecule has 0 aromatic rings. The molecule has 0 aliphatic carbocycles. The topological polar surface area (TPSA) is 52.5 Å². The molecule has 0 aromatic heterocycles. The van der Waals surface area contributed by atoms with E-state index in [-0.39, 0.29) is 6.61 Å². The third kappa shape index (κ3) is 24.8. The van der Waals surface area contributed by atoms with Gasteiger partial charge < -0.3 is 15.5 Å². The van der Waals surface area contributed by atoms with Gasteiger partial charge in [-0.1, -0.05) is 13.8 Å². The number of nitrogens with one attached hydrogen (secondary N) is 1. The summed E-state index contributed by atoms with van der Waals surface area (Å²) in [5, 5.41) is 19.1. The summed E-state index contributed by atoms with van der Waals surface area (Å²) in [5.74, 6) is 0. The van der Waals surface area contributed by atoms with Gasteiger partial charge in [-0.3, -0.25) is 0 Å². The van der Waals surface area contributed by atoms with E-state index in [1.807, 2.05) is 0 Å². The van der Waals surface area contributed by atoms with Crippen LogP contribution in [0.5, 0.6) is 0 Å². The van der Waals surface area contributed by atoms with E-state index < -0.39 is 6.10 Å². The molecule has 64 valence electrons. The van der Waals surface area contributed by atoms with E-state index in [2.05, 4.69) is 19.2 Å². The summed E-state index contributed by atoms with van der Waals surface area (Å²) in [6.07, 6.45) is -0.560. The zero-order valence-corrected chi connectivity index (χ0v) is 7.09. The van der Waals surface area contributed by atoms with Crippen LogP contribution in [0, 0.1) is 0 Å². The van der Waals surface area contributed by atoms with E-state index in [0.29, 0.717) is 0 Å². The molecule has 0 aliphatic heterocycles. The number of hydrogen-bond donors (Lipinski definition) is 3. The standard InChI is InChI=1S/C4H11N.C3H8O2/c1-3-5-4-2;1-3(5)2-4/h5H,3-4H2,1-2H3;3-5H,2H2,1H3. The Morgan fingerprint density at radius 1 is 1.30 bits per heavy atom. The Balaban J connectivity index is 0. The van der Waals surface area contributed by atoms with Crippen molar-refractivity contribution in [3.8, 4) is 0 Å². The summed E-state index contributed by atoms with van der Waals surface area (Å²) in [6, 6.07) is 0. The number of hydrogen-bond acceptors (Lipinski definition) is 3. The number of aliphatic hydroxyl groups is 2. The van der Waals surface area contributed by atoms with Crippen molar-refractivity contribution in [3.63, 3.8) is 0 Å². The Kier molecular flexibility index (Phi) is 14.6. The first-order valence-corrected chi connectivity index (χ1v) is 3.68. The Labute approximate surface area is 63.1 Å². The molecule has 0 rings (SSSR count). The summed E-state index contributed by atoms with van der Waals surface area (Å²) >= 11 is 0. The lowest BCUT2D eigenvalue weighted by Gasteiger charge is -1.90. The molecule has 0 radical (unpaired) electrons. The van der Waals surface area contributed by atoms with Gasteiger partial charge >= 0.3 is 0 Å². The van der Waals surface area contributed by atoms with Crippen LogP contribution in [0.2, 0.25) is 0 Å². The first-order valence-electron chi connectivity index (χ1n) is 3.68. The van der Waals surface area contributed by atoms with E-state index in [1.54, 1.807) is 0 Å². The molecule has 3 heteroatoms.